The SMILES string of the molecule is Clc1nccc(-c2c(-c3cccc(Br)c3)nc3ccccn23)n1. The number of benzene rings is 1. The minimum absolute atomic E-state index is 0.216. The molecule has 112 valence electrons. The quantitative estimate of drug-likeness (QED) is 0.462. The Morgan fingerprint density at radius 1 is 1.00 bits per heavy atom. The first-order valence-electron chi connectivity index (χ1n) is 6.94. The number of fused-ring (bicyclic) bond motifs is 1. The lowest BCUT2D eigenvalue weighted by molar-refractivity contribution is 1.13. The van der Waals surface area contributed by atoms with Gasteiger partial charge in [-0.3, -0.25) is 4.40 Å². The monoisotopic (exact) mass is 384 g/mol. The van der Waals surface area contributed by atoms with E-state index in [1.54, 1.807) is 6.20 Å². The van der Waals surface area contributed by atoms with Crippen molar-refractivity contribution in [1.29, 1.82) is 0 Å². The minimum Gasteiger partial charge on any atom is -0.298 e. The van der Waals surface area contributed by atoms with E-state index in [4.69, 9.17) is 16.6 Å². The molecule has 3 heterocycles. The Hall–Kier alpha value is -2.24. The molecule has 4 rings (SSSR count). The van der Waals surface area contributed by atoms with Gasteiger partial charge in [-0.15, -0.1) is 0 Å². The second-order valence-corrected chi connectivity index (χ2v) is 6.21. The summed E-state index contributed by atoms with van der Waals surface area (Å²) in [5.41, 5.74) is 4.34. The van der Waals surface area contributed by atoms with Crippen molar-refractivity contribution in [3.63, 3.8) is 0 Å². The largest absolute Gasteiger partial charge is 0.298 e. The fourth-order valence-corrected chi connectivity index (χ4v) is 3.09. The second kappa shape index (κ2) is 5.76. The molecule has 0 unspecified atom stereocenters. The van der Waals surface area contributed by atoms with Crippen molar-refractivity contribution >= 4 is 33.2 Å². The Kier molecular flexibility index (Phi) is 3.59. The maximum absolute atomic E-state index is 5.98. The maximum atomic E-state index is 5.98. The average molecular weight is 386 g/mol. The topological polar surface area (TPSA) is 43.1 Å². The highest BCUT2D eigenvalue weighted by Crippen LogP contribution is 2.33. The van der Waals surface area contributed by atoms with E-state index in [0.717, 1.165) is 32.8 Å². The zero-order chi connectivity index (χ0) is 15.8. The Morgan fingerprint density at radius 3 is 2.74 bits per heavy atom. The molecular formula is C17H10BrClN4. The number of aromatic nitrogens is 4. The summed E-state index contributed by atoms with van der Waals surface area (Å²) in [4.78, 5) is 13.1. The number of hydrogen-bond acceptors (Lipinski definition) is 3. The Morgan fingerprint density at radius 2 is 1.91 bits per heavy atom. The summed E-state index contributed by atoms with van der Waals surface area (Å²) in [6.45, 7) is 0. The van der Waals surface area contributed by atoms with Gasteiger partial charge in [-0.1, -0.05) is 34.1 Å². The van der Waals surface area contributed by atoms with Crippen LogP contribution in [0.1, 0.15) is 0 Å². The van der Waals surface area contributed by atoms with E-state index in [2.05, 4.69) is 25.9 Å². The molecule has 0 amide bonds. The fraction of sp³-hybridized carbons (Fsp3) is 0. The van der Waals surface area contributed by atoms with Crippen LogP contribution >= 0.6 is 27.5 Å². The van der Waals surface area contributed by atoms with Gasteiger partial charge in [0, 0.05) is 22.4 Å². The first-order chi connectivity index (χ1) is 11.2. The zero-order valence-electron chi connectivity index (χ0n) is 11.8. The Balaban J connectivity index is 2.06. The first kappa shape index (κ1) is 14.4. The lowest BCUT2D eigenvalue weighted by Crippen LogP contribution is -1.93. The van der Waals surface area contributed by atoms with E-state index in [1.165, 1.54) is 0 Å². The highest BCUT2D eigenvalue weighted by Gasteiger charge is 2.17. The highest BCUT2D eigenvalue weighted by molar-refractivity contribution is 9.10. The van der Waals surface area contributed by atoms with Crippen LogP contribution in [0.3, 0.4) is 0 Å². The van der Waals surface area contributed by atoms with Crippen LogP contribution in [0.25, 0.3) is 28.3 Å². The molecule has 0 aliphatic heterocycles. The molecule has 4 aromatic rings. The molecule has 0 saturated carbocycles. The van der Waals surface area contributed by atoms with Crippen LogP contribution in [-0.4, -0.2) is 19.4 Å². The summed E-state index contributed by atoms with van der Waals surface area (Å²) in [7, 11) is 0. The van der Waals surface area contributed by atoms with E-state index in [0.29, 0.717) is 0 Å². The third-order valence-corrected chi connectivity index (χ3v) is 4.17. The van der Waals surface area contributed by atoms with Gasteiger partial charge in [0.25, 0.3) is 0 Å². The van der Waals surface area contributed by atoms with Crippen LogP contribution < -0.4 is 0 Å². The van der Waals surface area contributed by atoms with Crippen LogP contribution in [0.15, 0.2) is 65.4 Å². The maximum Gasteiger partial charge on any atom is 0.222 e. The number of nitrogens with zero attached hydrogens (tertiary/aromatic N) is 4. The van der Waals surface area contributed by atoms with Gasteiger partial charge in [-0.2, -0.15) is 0 Å². The van der Waals surface area contributed by atoms with Crippen LogP contribution in [0.2, 0.25) is 5.28 Å². The molecule has 0 atom stereocenters. The standard InChI is InChI=1S/C17H10BrClN4/c18-12-5-3-4-11(10-12)15-16(13-7-8-20-17(19)21-13)23-9-2-1-6-14(23)22-15/h1-10H. The molecule has 3 aromatic heterocycles. The molecule has 0 bridgehead atoms. The van der Waals surface area contributed by atoms with Crippen molar-refractivity contribution < 1.29 is 0 Å². The average Bonchev–Trinajstić information content (AvgIpc) is 2.94. The smallest absolute Gasteiger partial charge is 0.222 e. The predicted octanol–water partition coefficient (Wildman–Crippen LogP) is 4.87. The molecule has 0 aliphatic rings. The number of halogens is 2. The van der Waals surface area contributed by atoms with Gasteiger partial charge >= 0.3 is 0 Å². The lowest BCUT2D eigenvalue weighted by atomic mass is 10.1. The molecule has 4 nitrogen and oxygen atoms in total. The third-order valence-electron chi connectivity index (χ3n) is 3.50. The zero-order valence-corrected chi connectivity index (χ0v) is 14.2. The summed E-state index contributed by atoms with van der Waals surface area (Å²) in [5, 5.41) is 0.216. The molecule has 6 heteroatoms. The summed E-state index contributed by atoms with van der Waals surface area (Å²) < 4.78 is 3.01. The third kappa shape index (κ3) is 2.62. The summed E-state index contributed by atoms with van der Waals surface area (Å²) in [6.07, 6.45) is 3.62. The van der Waals surface area contributed by atoms with Crippen LogP contribution in [0.5, 0.6) is 0 Å². The molecule has 1 aromatic carbocycles. The van der Waals surface area contributed by atoms with Crippen molar-refractivity contribution in [3.8, 4) is 22.6 Å². The van der Waals surface area contributed by atoms with Crippen molar-refractivity contribution in [1.82, 2.24) is 19.4 Å². The predicted molar refractivity (Wildman–Crippen MR) is 94.4 cm³/mol. The molecule has 0 spiro atoms. The number of hydrogen-bond donors (Lipinski definition) is 0. The molecule has 0 N–H and O–H groups in total. The second-order valence-electron chi connectivity index (χ2n) is 4.96. The van der Waals surface area contributed by atoms with Crippen molar-refractivity contribution in [2.75, 3.05) is 0 Å². The van der Waals surface area contributed by atoms with Gasteiger partial charge in [-0.25, -0.2) is 15.0 Å². The molecular weight excluding hydrogens is 376 g/mol. The molecule has 0 fully saturated rings. The normalized spacial score (nSPS) is 11.0. The summed E-state index contributed by atoms with van der Waals surface area (Å²) >= 11 is 9.49. The van der Waals surface area contributed by atoms with Gasteiger partial charge in [0.2, 0.25) is 5.28 Å². The molecule has 0 saturated heterocycles. The first-order valence-corrected chi connectivity index (χ1v) is 8.11. The van der Waals surface area contributed by atoms with Gasteiger partial charge in [0.05, 0.1) is 17.1 Å². The number of pyridine rings is 1. The fourth-order valence-electron chi connectivity index (χ4n) is 2.54. The van der Waals surface area contributed by atoms with Gasteiger partial charge in [-0.05, 0) is 41.9 Å². The number of imidazole rings is 1. The van der Waals surface area contributed by atoms with Crippen molar-refractivity contribution in [3.05, 3.63) is 70.7 Å². The lowest BCUT2D eigenvalue weighted by Gasteiger charge is -2.05. The molecule has 0 radical (unpaired) electrons. The van der Waals surface area contributed by atoms with Crippen LogP contribution in [0.4, 0.5) is 0 Å². The molecule has 23 heavy (non-hydrogen) atoms. The van der Waals surface area contributed by atoms with Crippen LogP contribution in [-0.2, 0) is 0 Å². The van der Waals surface area contributed by atoms with E-state index in [9.17, 15) is 0 Å². The molecule has 0 aliphatic carbocycles. The van der Waals surface area contributed by atoms with E-state index in [1.807, 2.05) is 59.1 Å². The summed E-state index contributed by atoms with van der Waals surface area (Å²) in [6, 6.07) is 15.8. The van der Waals surface area contributed by atoms with Crippen LogP contribution in [0, 0.1) is 0 Å². The van der Waals surface area contributed by atoms with E-state index >= 15 is 0 Å². The van der Waals surface area contributed by atoms with Gasteiger partial charge < -0.3 is 0 Å². The minimum atomic E-state index is 0.216. The highest BCUT2D eigenvalue weighted by atomic mass is 79.9. The van der Waals surface area contributed by atoms with E-state index < -0.39 is 0 Å². The van der Waals surface area contributed by atoms with Crippen molar-refractivity contribution in [2.45, 2.75) is 0 Å². The Bertz CT molecular complexity index is 1010. The van der Waals surface area contributed by atoms with E-state index in [-0.39, 0.29) is 5.28 Å². The van der Waals surface area contributed by atoms with Gasteiger partial charge in [0.1, 0.15) is 5.65 Å². The van der Waals surface area contributed by atoms with Crippen molar-refractivity contribution in [2.24, 2.45) is 0 Å². The number of rotatable bonds is 2. The summed E-state index contributed by atoms with van der Waals surface area (Å²) in [5.74, 6) is 0. The Labute approximate surface area is 145 Å². The van der Waals surface area contributed by atoms with Gasteiger partial charge in [0.15, 0.2) is 0 Å².